The lowest BCUT2D eigenvalue weighted by Gasteiger charge is -2.07. The van der Waals surface area contributed by atoms with Gasteiger partial charge in [-0.15, -0.1) is 10.2 Å². The van der Waals surface area contributed by atoms with Gasteiger partial charge in [-0.3, -0.25) is 10.0 Å². The number of ether oxygens (including phenoxy) is 1. The van der Waals surface area contributed by atoms with Gasteiger partial charge in [0.05, 0.1) is 11.6 Å². The summed E-state index contributed by atoms with van der Waals surface area (Å²) >= 11 is 7.76. The van der Waals surface area contributed by atoms with Gasteiger partial charge in [0.25, 0.3) is 0 Å². The molecule has 1 heterocycles. The molecule has 1 amide bonds. The number of halogens is 1. The van der Waals surface area contributed by atoms with Crippen LogP contribution in [0.4, 0.5) is 0 Å². The van der Waals surface area contributed by atoms with Gasteiger partial charge in [0.15, 0.2) is 0 Å². The van der Waals surface area contributed by atoms with Crippen LogP contribution < -0.4 is 10.2 Å². The maximum Gasteiger partial charge on any atom is 0.243 e. The Bertz CT molecular complexity index is 964. The van der Waals surface area contributed by atoms with Gasteiger partial charge in [-0.2, -0.15) is 0 Å². The van der Waals surface area contributed by atoms with E-state index in [1.165, 1.54) is 11.3 Å². The summed E-state index contributed by atoms with van der Waals surface area (Å²) in [5.74, 6) is 0.481. The van der Waals surface area contributed by atoms with Gasteiger partial charge in [0.1, 0.15) is 15.8 Å². The summed E-state index contributed by atoms with van der Waals surface area (Å²) in [5.41, 5.74) is 3.50. The number of nitrogens with zero attached hydrogens (tertiary/aromatic N) is 2. The first-order valence-electron chi connectivity index (χ1n) is 9.92. The van der Waals surface area contributed by atoms with Crippen LogP contribution in [0.2, 0.25) is 5.02 Å². The molecule has 0 bridgehead atoms. The highest BCUT2D eigenvalue weighted by Crippen LogP contribution is 2.34. The van der Waals surface area contributed by atoms with Gasteiger partial charge in [0.2, 0.25) is 5.91 Å². The van der Waals surface area contributed by atoms with Crippen molar-refractivity contribution in [2.24, 2.45) is 0 Å². The molecule has 0 fully saturated rings. The lowest BCUT2D eigenvalue weighted by molar-refractivity contribution is -0.129. The van der Waals surface area contributed by atoms with Crippen LogP contribution in [0, 0.1) is 0 Å². The highest BCUT2D eigenvalue weighted by atomic mass is 35.5. The maximum atomic E-state index is 10.9. The Hall–Kier alpha value is -2.48. The molecule has 0 saturated heterocycles. The van der Waals surface area contributed by atoms with Crippen LogP contribution in [-0.4, -0.2) is 27.9 Å². The number of amides is 1. The van der Waals surface area contributed by atoms with Crippen molar-refractivity contribution in [1.82, 2.24) is 15.7 Å². The number of benzene rings is 2. The molecule has 0 aliphatic heterocycles. The molecular formula is C22H24ClN3O3S. The molecule has 0 spiro atoms. The van der Waals surface area contributed by atoms with Crippen molar-refractivity contribution in [3.8, 4) is 26.9 Å². The molecule has 3 aromatic rings. The van der Waals surface area contributed by atoms with Crippen molar-refractivity contribution in [1.29, 1.82) is 0 Å². The molecule has 3 rings (SSSR count). The zero-order valence-electron chi connectivity index (χ0n) is 16.5. The normalized spacial score (nSPS) is 10.7. The molecule has 0 radical (unpaired) electrons. The number of hydrogen-bond acceptors (Lipinski definition) is 6. The van der Waals surface area contributed by atoms with Crippen molar-refractivity contribution in [3.05, 3.63) is 53.6 Å². The largest absolute Gasteiger partial charge is 0.494 e. The van der Waals surface area contributed by atoms with Crippen LogP contribution in [-0.2, 0) is 4.79 Å². The first-order chi connectivity index (χ1) is 14.7. The Morgan fingerprint density at radius 2 is 1.77 bits per heavy atom. The molecule has 2 N–H and O–H groups in total. The minimum atomic E-state index is -0.326. The first-order valence-corrected chi connectivity index (χ1v) is 11.1. The summed E-state index contributed by atoms with van der Waals surface area (Å²) in [6, 6.07) is 15.5. The predicted octanol–water partition coefficient (Wildman–Crippen LogP) is 5.75. The number of carbonyl (C=O) groups is 1. The van der Waals surface area contributed by atoms with Gasteiger partial charge in [0, 0.05) is 17.5 Å². The number of hydroxylamine groups is 1. The molecule has 0 aliphatic carbocycles. The van der Waals surface area contributed by atoms with Gasteiger partial charge >= 0.3 is 0 Å². The number of hydrogen-bond donors (Lipinski definition) is 2. The van der Waals surface area contributed by atoms with Crippen molar-refractivity contribution in [3.63, 3.8) is 0 Å². The fourth-order valence-electron chi connectivity index (χ4n) is 2.97. The number of carbonyl (C=O) groups excluding carboxylic acids is 1. The lowest BCUT2D eigenvalue weighted by atomic mass is 10.1. The third-order valence-electron chi connectivity index (χ3n) is 4.55. The SMILES string of the molecule is O=C(CCCCCCCOc1cccc(-c2nnc(-c3ccccc3Cl)s2)c1)NO. The van der Waals surface area contributed by atoms with Crippen molar-refractivity contribution >= 4 is 28.8 Å². The highest BCUT2D eigenvalue weighted by molar-refractivity contribution is 7.18. The fourth-order valence-corrected chi connectivity index (χ4v) is 4.13. The molecule has 0 saturated carbocycles. The average molecular weight is 446 g/mol. The van der Waals surface area contributed by atoms with E-state index in [0.717, 1.165) is 59.0 Å². The molecule has 6 nitrogen and oxygen atoms in total. The third kappa shape index (κ3) is 6.52. The van der Waals surface area contributed by atoms with Crippen molar-refractivity contribution in [2.45, 2.75) is 38.5 Å². The Kier molecular flexibility index (Phi) is 8.62. The quantitative estimate of drug-likeness (QED) is 0.223. The molecule has 0 aliphatic rings. The molecule has 1 aromatic heterocycles. The molecule has 0 atom stereocenters. The second-order valence-corrected chi connectivity index (χ2v) is 8.21. The van der Waals surface area contributed by atoms with Crippen LogP contribution in [0.25, 0.3) is 21.1 Å². The van der Waals surface area contributed by atoms with E-state index in [9.17, 15) is 4.79 Å². The average Bonchev–Trinajstić information content (AvgIpc) is 3.26. The topological polar surface area (TPSA) is 84.3 Å². The summed E-state index contributed by atoms with van der Waals surface area (Å²) in [6.07, 6.45) is 5.15. The molecule has 0 unspecified atom stereocenters. The summed E-state index contributed by atoms with van der Waals surface area (Å²) in [4.78, 5) is 10.9. The van der Waals surface area contributed by atoms with Crippen LogP contribution >= 0.6 is 22.9 Å². The van der Waals surface area contributed by atoms with E-state index in [-0.39, 0.29) is 5.91 Å². The second kappa shape index (κ2) is 11.6. The maximum absolute atomic E-state index is 10.9. The van der Waals surface area contributed by atoms with Gasteiger partial charge in [-0.25, -0.2) is 5.48 Å². The lowest BCUT2D eigenvalue weighted by Crippen LogP contribution is -2.17. The van der Waals surface area contributed by atoms with Crippen LogP contribution in [0.1, 0.15) is 38.5 Å². The van der Waals surface area contributed by atoms with Crippen LogP contribution in [0.15, 0.2) is 48.5 Å². The second-order valence-electron chi connectivity index (χ2n) is 6.82. The number of aromatic nitrogens is 2. The van der Waals surface area contributed by atoms with Gasteiger partial charge in [-0.1, -0.05) is 72.5 Å². The van der Waals surface area contributed by atoms with E-state index in [2.05, 4.69) is 10.2 Å². The van der Waals surface area contributed by atoms with E-state index >= 15 is 0 Å². The van der Waals surface area contributed by atoms with Crippen LogP contribution in [0.3, 0.4) is 0 Å². The number of unbranched alkanes of at least 4 members (excludes halogenated alkanes) is 4. The van der Waals surface area contributed by atoms with E-state index in [0.29, 0.717) is 18.1 Å². The van der Waals surface area contributed by atoms with Gasteiger partial charge < -0.3 is 4.74 Å². The van der Waals surface area contributed by atoms with E-state index in [4.69, 9.17) is 21.5 Å². The minimum Gasteiger partial charge on any atom is -0.494 e. The molecule has 158 valence electrons. The molecule has 2 aromatic carbocycles. The molecule has 30 heavy (non-hydrogen) atoms. The van der Waals surface area contributed by atoms with Crippen molar-refractivity contribution in [2.75, 3.05) is 6.61 Å². The smallest absolute Gasteiger partial charge is 0.243 e. The minimum absolute atomic E-state index is 0.326. The fraction of sp³-hybridized carbons (Fsp3) is 0.318. The molecular weight excluding hydrogens is 422 g/mol. The predicted molar refractivity (Wildman–Crippen MR) is 119 cm³/mol. The Morgan fingerprint density at radius 1 is 1.00 bits per heavy atom. The van der Waals surface area contributed by atoms with Crippen molar-refractivity contribution < 1.29 is 14.7 Å². The summed E-state index contributed by atoms with van der Waals surface area (Å²) < 4.78 is 5.88. The Labute approximate surface area is 184 Å². The number of nitrogens with one attached hydrogen (secondary N) is 1. The summed E-state index contributed by atoms with van der Waals surface area (Å²) in [6.45, 7) is 0.640. The zero-order chi connectivity index (χ0) is 21.2. The molecule has 8 heteroatoms. The Balaban J connectivity index is 1.46. The zero-order valence-corrected chi connectivity index (χ0v) is 18.1. The standard InChI is InChI=1S/C22H24ClN3O3S/c23-19-12-6-5-11-18(19)22-25-24-21(30-22)16-9-8-10-17(15-16)29-14-7-3-1-2-4-13-20(27)26-28/h5-6,8-12,15,28H,1-4,7,13-14H2,(H,26,27). The third-order valence-corrected chi connectivity index (χ3v) is 5.89. The van der Waals surface area contributed by atoms with E-state index < -0.39 is 0 Å². The summed E-state index contributed by atoms with van der Waals surface area (Å²) in [7, 11) is 0. The van der Waals surface area contributed by atoms with Gasteiger partial charge in [-0.05, 0) is 31.0 Å². The highest BCUT2D eigenvalue weighted by Gasteiger charge is 2.11. The number of rotatable bonds is 11. The monoisotopic (exact) mass is 445 g/mol. The van der Waals surface area contributed by atoms with Crippen LogP contribution in [0.5, 0.6) is 5.75 Å². The first kappa shape index (κ1) is 22.2. The van der Waals surface area contributed by atoms with E-state index in [1.54, 1.807) is 5.48 Å². The Morgan fingerprint density at radius 3 is 2.60 bits per heavy atom. The summed E-state index contributed by atoms with van der Waals surface area (Å²) in [5, 5.41) is 19.3. The van der Waals surface area contributed by atoms with E-state index in [1.807, 2.05) is 48.5 Å².